The highest BCUT2D eigenvalue weighted by atomic mass is 16.2. The third-order valence-corrected chi connectivity index (χ3v) is 4.04. The van der Waals surface area contributed by atoms with E-state index in [1.54, 1.807) is 28.9 Å². The van der Waals surface area contributed by atoms with Crippen LogP contribution in [0.2, 0.25) is 0 Å². The zero-order valence-electron chi connectivity index (χ0n) is 13.9. The highest BCUT2D eigenvalue weighted by Crippen LogP contribution is 2.19. The predicted octanol–water partition coefficient (Wildman–Crippen LogP) is 2.61. The van der Waals surface area contributed by atoms with Gasteiger partial charge in [-0.3, -0.25) is 14.6 Å². The fourth-order valence-electron chi connectivity index (χ4n) is 2.48. The van der Waals surface area contributed by atoms with Gasteiger partial charge in [-0.15, -0.1) is 0 Å². The second-order valence-electron chi connectivity index (χ2n) is 5.71. The summed E-state index contributed by atoms with van der Waals surface area (Å²) in [5.74, 6) is -0.0777. The number of carbonyl (C=O) groups is 1. The number of H-pyrrole nitrogens is 1. The number of benzene rings is 1. The first kappa shape index (κ1) is 16.0. The van der Waals surface area contributed by atoms with E-state index in [9.17, 15) is 4.79 Å². The van der Waals surface area contributed by atoms with Gasteiger partial charge >= 0.3 is 0 Å². The van der Waals surface area contributed by atoms with Crippen LogP contribution in [0.3, 0.4) is 0 Å². The lowest BCUT2D eigenvalue weighted by Gasteiger charge is -2.15. The third-order valence-electron chi connectivity index (χ3n) is 4.04. The minimum atomic E-state index is -0.0777. The topological polar surface area (TPSA) is 66.8 Å². The zero-order chi connectivity index (χ0) is 16.9. The van der Waals surface area contributed by atoms with Gasteiger partial charge in [0.15, 0.2) is 0 Å². The molecule has 0 atom stereocenters. The van der Waals surface area contributed by atoms with Crippen LogP contribution in [0.25, 0.3) is 11.3 Å². The van der Waals surface area contributed by atoms with E-state index >= 15 is 0 Å². The van der Waals surface area contributed by atoms with Crippen LogP contribution in [0, 0.1) is 0 Å². The Morgan fingerprint density at radius 1 is 1.29 bits per heavy atom. The van der Waals surface area contributed by atoms with Crippen molar-refractivity contribution in [2.24, 2.45) is 0 Å². The Hall–Kier alpha value is -2.89. The minimum Gasteiger partial charge on any atom is -0.339 e. The number of carbonyl (C=O) groups excluding carboxylic acids is 1. The number of likely N-dealkylation sites (N-methyl/N-ethyl adjacent to an activating group) is 1. The summed E-state index contributed by atoms with van der Waals surface area (Å²) in [6.07, 6.45) is 4.62. The number of aromatic amines is 1. The average Bonchev–Trinajstić information content (AvgIpc) is 3.30. The average molecular weight is 323 g/mol. The molecule has 124 valence electrons. The van der Waals surface area contributed by atoms with Crippen LogP contribution in [0.5, 0.6) is 0 Å². The lowest BCUT2D eigenvalue weighted by atomic mass is 10.1. The molecule has 0 fully saturated rings. The van der Waals surface area contributed by atoms with E-state index in [2.05, 4.69) is 34.4 Å². The molecule has 2 aromatic heterocycles. The van der Waals surface area contributed by atoms with Crippen molar-refractivity contribution in [3.63, 3.8) is 0 Å². The maximum atomic E-state index is 12.5. The van der Waals surface area contributed by atoms with Gasteiger partial charge in [0, 0.05) is 31.5 Å². The van der Waals surface area contributed by atoms with Gasteiger partial charge in [-0.05, 0) is 24.1 Å². The van der Waals surface area contributed by atoms with E-state index in [0.29, 0.717) is 18.8 Å². The third kappa shape index (κ3) is 3.53. The van der Waals surface area contributed by atoms with E-state index in [1.165, 1.54) is 5.56 Å². The molecule has 3 aromatic rings. The van der Waals surface area contributed by atoms with Gasteiger partial charge < -0.3 is 4.90 Å². The summed E-state index contributed by atoms with van der Waals surface area (Å²) >= 11 is 0. The molecule has 0 saturated heterocycles. The summed E-state index contributed by atoms with van der Waals surface area (Å²) in [4.78, 5) is 14.1. The van der Waals surface area contributed by atoms with Crippen LogP contribution in [0.4, 0.5) is 0 Å². The second-order valence-corrected chi connectivity index (χ2v) is 5.71. The lowest BCUT2D eigenvalue weighted by Crippen LogP contribution is -2.30. The Morgan fingerprint density at radius 3 is 2.75 bits per heavy atom. The first-order valence-corrected chi connectivity index (χ1v) is 8.05. The standard InChI is InChI=1S/C18H21N5O/c1-3-14-5-7-15(8-6-14)16-13-17(21-20-16)18(24)22(2)11-12-23-10-4-9-19-23/h4-10,13H,3,11-12H2,1-2H3,(H,20,21). The van der Waals surface area contributed by atoms with Crippen LogP contribution in [0.1, 0.15) is 23.0 Å². The van der Waals surface area contributed by atoms with Crippen molar-refractivity contribution >= 4 is 5.91 Å². The van der Waals surface area contributed by atoms with E-state index < -0.39 is 0 Å². The van der Waals surface area contributed by atoms with Gasteiger partial charge in [-0.1, -0.05) is 31.2 Å². The van der Waals surface area contributed by atoms with Crippen molar-refractivity contribution in [3.8, 4) is 11.3 Å². The Balaban J connectivity index is 1.66. The van der Waals surface area contributed by atoms with Gasteiger partial charge in [0.25, 0.3) is 5.91 Å². The van der Waals surface area contributed by atoms with Crippen molar-refractivity contribution in [3.05, 3.63) is 60.0 Å². The van der Waals surface area contributed by atoms with E-state index in [4.69, 9.17) is 0 Å². The predicted molar refractivity (Wildman–Crippen MR) is 92.6 cm³/mol. The summed E-state index contributed by atoms with van der Waals surface area (Å²) in [6.45, 7) is 3.37. The molecule has 0 saturated carbocycles. The van der Waals surface area contributed by atoms with Crippen LogP contribution in [0.15, 0.2) is 48.8 Å². The van der Waals surface area contributed by atoms with Crippen LogP contribution < -0.4 is 0 Å². The van der Waals surface area contributed by atoms with Crippen molar-refractivity contribution in [2.75, 3.05) is 13.6 Å². The van der Waals surface area contributed by atoms with Crippen molar-refractivity contribution in [1.82, 2.24) is 24.9 Å². The lowest BCUT2D eigenvalue weighted by molar-refractivity contribution is 0.0783. The Bertz CT molecular complexity index is 789. The normalized spacial score (nSPS) is 10.8. The van der Waals surface area contributed by atoms with E-state index in [-0.39, 0.29) is 5.91 Å². The molecule has 2 heterocycles. The monoisotopic (exact) mass is 323 g/mol. The molecular formula is C18H21N5O. The first-order valence-electron chi connectivity index (χ1n) is 8.05. The van der Waals surface area contributed by atoms with Crippen LogP contribution in [-0.2, 0) is 13.0 Å². The molecule has 6 nitrogen and oxygen atoms in total. The van der Waals surface area contributed by atoms with E-state index in [0.717, 1.165) is 17.7 Å². The number of hydrogen-bond donors (Lipinski definition) is 1. The maximum absolute atomic E-state index is 12.5. The summed E-state index contributed by atoms with van der Waals surface area (Å²) in [5.41, 5.74) is 3.56. The van der Waals surface area contributed by atoms with Crippen LogP contribution >= 0.6 is 0 Å². The summed E-state index contributed by atoms with van der Waals surface area (Å²) in [6, 6.07) is 11.9. The largest absolute Gasteiger partial charge is 0.339 e. The Morgan fingerprint density at radius 2 is 2.08 bits per heavy atom. The fraction of sp³-hybridized carbons (Fsp3) is 0.278. The Labute approximate surface area is 141 Å². The number of nitrogens with zero attached hydrogens (tertiary/aromatic N) is 4. The van der Waals surface area contributed by atoms with Gasteiger partial charge in [-0.2, -0.15) is 10.2 Å². The minimum absolute atomic E-state index is 0.0777. The maximum Gasteiger partial charge on any atom is 0.271 e. The van der Waals surface area contributed by atoms with Gasteiger partial charge in [-0.25, -0.2) is 0 Å². The molecule has 0 aliphatic carbocycles. The van der Waals surface area contributed by atoms with Crippen molar-refractivity contribution < 1.29 is 4.79 Å². The van der Waals surface area contributed by atoms with Gasteiger partial charge in [0.05, 0.1) is 12.2 Å². The molecule has 0 aliphatic heterocycles. The quantitative estimate of drug-likeness (QED) is 0.758. The number of amides is 1. The second kappa shape index (κ2) is 7.12. The molecule has 1 aromatic carbocycles. The first-order chi connectivity index (χ1) is 11.7. The smallest absolute Gasteiger partial charge is 0.271 e. The number of aryl methyl sites for hydroxylation is 1. The molecule has 24 heavy (non-hydrogen) atoms. The highest BCUT2D eigenvalue weighted by molar-refractivity contribution is 5.93. The summed E-state index contributed by atoms with van der Waals surface area (Å²) in [5, 5.41) is 11.2. The molecule has 1 N–H and O–H groups in total. The SMILES string of the molecule is CCc1ccc(-c2cc(C(=O)N(C)CCn3cccn3)[nH]n2)cc1. The molecule has 1 amide bonds. The zero-order valence-corrected chi connectivity index (χ0v) is 13.9. The number of aromatic nitrogens is 4. The van der Waals surface area contributed by atoms with Crippen LogP contribution in [-0.4, -0.2) is 44.4 Å². The van der Waals surface area contributed by atoms with Gasteiger partial charge in [0.2, 0.25) is 0 Å². The molecule has 0 radical (unpaired) electrons. The van der Waals surface area contributed by atoms with Gasteiger partial charge in [0.1, 0.15) is 5.69 Å². The number of hydrogen-bond acceptors (Lipinski definition) is 3. The van der Waals surface area contributed by atoms with Crippen molar-refractivity contribution in [2.45, 2.75) is 19.9 Å². The fourth-order valence-corrected chi connectivity index (χ4v) is 2.48. The number of nitrogens with one attached hydrogen (secondary N) is 1. The Kier molecular flexibility index (Phi) is 4.74. The highest BCUT2D eigenvalue weighted by Gasteiger charge is 2.15. The molecule has 3 rings (SSSR count). The molecule has 0 bridgehead atoms. The molecule has 6 heteroatoms. The molecule has 0 spiro atoms. The van der Waals surface area contributed by atoms with E-state index in [1.807, 2.05) is 24.4 Å². The summed E-state index contributed by atoms with van der Waals surface area (Å²) in [7, 11) is 1.78. The molecular weight excluding hydrogens is 302 g/mol. The molecule has 0 aliphatic rings. The summed E-state index contributed by atoms with van der Waals surface area (Å²) < 4.78 is 1.80. The number of rotatable bonds is 6. The van der Waals surface area contributed by atoms with Crippen molar-refractivity contribution in [1.29, 1.82) is 0 Å². The molecule has 0 unspecified atom stereocenters.